The third-order valence-corrected chi connectivity index (χ3v) is 4.95. The van der Waals surface area contributed by atoms with Crippen molar-refractivity contribution >= 4 is 31.9 Å². The number of hydrogen-bond acceptors (Lipinski definition) is 2. The van der Waals surface area contributed by atoms with E-state index in [1.165, 1.54) is 24.9 Å². The predicted molar refractivity (Wildman–Crippen MR) is 81.8 cm³/mol. The van der Waals surface area contributed by atoms with Crippen LogP contribution in [0.1, 0.15) is 32.3 Å². The standard InChI is InChI=1S/C14H19Br2NO/c1-9-3-4-17(10(2)5-9)8-11-6-12(15)14(18)13(16)7-11/h6-7,9-10,18H,3-5,8H2,1-2H3. The highest BCUT2D eigenvalue weighted by Gasteiger charge is 2.23. The zero-order chi connectivity index (χ0) is 13.3. The zero-order valence-electron chi connectivity index (χ0n) is 10.8. The van der Waals surface area contributed by atoms with Crippen LogP contribution < -0.4 is 0 Å². The summed E-state index contributed by atoms with van der Waals surface area (Å²) in [6.07, 6.45) is 2.56. The molecule has 0 saturated carbocycles. The minimum Gasteiger partial charge on any atom is -0.506 e. The average Bonchev–Trinajstić information content (AvgIpc) is 2.29. The molecule has 2 rings (SSSR count). The van der Waals surface area contributed by atoms with Crippen LogP contribution in [-0.2, 0) is 6.54 Å². The molecule has 0 aromatic heterocycles. The lowest BCUT2D eigenvalue weighted by Crippen LogP contribution is -2.39. The summed E-state index contributed by atoms with van der Waals surface area (Å²) in [5, 5.41) is 9.72. The smallest absolute Gasteiger partial charge is 0.143 e. The van der Waals surface area contributed by atoms with Gasteiger partial charge in [-0.15, -0.1) is 0 Å². The van der Waals surface area contributed by atoms with Crippen molar-refractivity contribution in [1.82, 2.24) is 4.90 Å². The maximum absolute atomic E-state index is 9.72. The van der Waals surface area contributed by atoms with Gasteiger partial charge in [-0.05, 0) is 81.8 Å². The quantitative estimate of drug-likeness (QED) is 0.819. The largest absolute Gasteiger partial charge is 0.506 e. The van der Waals surface area contributed by atoms with Gasteiger partial charge in [-0.25, -0.2) is 0 Å². The van der Waals surface area contributed by atoms with Gasteiger partial charge in [0.1, 0.15) is 5.75 Å². The molecule has 2 atom stereocenters. The Labute approximate surface area is 126 Å². The first kappa shape index (κ1) is 14.4. The van der Waals surface area contributed by atoms with Gasteiger partial charge in [0.05, 0.1) is 8.95 Å². The molecule has 0 bridgehead atoms. The van der Waals surface area contributed by atoms with E-state index in [0.717, 1.165) is 21.4 Å². The summed E-state index contributed by atoms with van der Waals surface area (Å²) in [5.74, 6) is 1.12. The summed E-state index contributed by atoms with van der Waals surface area (Å²) < 4.78 is 1.51. The highest BCUT2D eigenvalue weighted by atomic mass is 79.9. The van der Waals surface area contributed by atoms with Gasteiger partial charge in [0.25, 0.3) is 0 Å². The molecule has 1 N–H and O–H groups in total. The van der Waals surface area contributed by atoms with E-state index in [0.29, 0.717) is 6.04 Å². The Bertz CT molecular complexity index is 413. The van der Waals surface area contributed by atoms with Gasteiger partial charge < -0.3 is 5.11 Å². The Morgan fingerprint density at radius 1 is 1.28 bits per heavy atom. The summed E-state index contributed by atoms with van der Waals surface area (Å²) in [7, 11) is 0. The number of nitrogens with zero attached hydrogens (tertiary/aromatic N) is 1. The fourth-order valence-corrected chi connectivity index (χ4v) is 3.92. The summed E-state index contributed by atoms with van der Waals surface area (Å²) in [5.41, 5.74) is 1.23. The van der Waals surface area contributed by atoms with Crippen molar-refractivity contribution in [3.05, 3.63) is 26.6 Å². The monoisotopic (exact) mass is 375 g/mol. The summed E-state index contributed by atoms with van der Waals surface area (Å²) in [4.78, 5) is 2.52. The first-order valence-corrected chi connectivity index (χ1v) is 7.97. The number of hydrogen-bond donors (Lipinski definition) is 1. The first-order chi connectivity index (χ1) is 8.47. The zero-order valence-corrected chi connectivity index (χ0v) is 14.0. The number of piperidine rings is 1. The molecule has 1 aromatic rings. The molecule has 1 aliphatic heterocycles. The molecule has 1 fully saturated rings. The summed E-state index contributed by atoms with van der Waals surface area (Å²) >= 11 is 6.78. The topological polar surface area (TPSA) is 23.5 Å². The number of benzene rings is 1. The normalized spacial score (nSPS) is 25.3. The molecule has 0 radical (unpaired) electrons. The fourth-order valence-electron chi connectivity index (χ4n) is 2.63. The molecule has 1 saturated heterocycles. The van der Waals surface area contributed by atoms with Crippen LogP contribution in [0.15, 0.2) is 21.1 Å². The second-order valence-corrected chi connectivity index (χ2v) is 7.07. The second kappa shape index (κ2) is 5.93. The van der Waals surface area contributed by atoms with Gasteiger partial charge in [0.2, 0.25) is 0 Å². The third-order valence-electron chi connectivity index (χ3n) is 3.74. The fraction of sp³-hybridized carbons (Fsp3) is 0.571. The van der Waals surface area contributed by atoms with Crippen LogP contribution in [0.5, 0.6) is 5.75 Å². The SMILES string of the molecule is CC1CCN(Cc2cc(Br)c(O)c(Br)c2)C(C)C1. The van der Waals surface area contributed by atoms with Crippen LogP contribution in [0.3, 0.4) is 0 Å². The molecule has 1 aliphatic rings. The van der Waals surface area contributed by atoms with E-state index in [2.05, 4.69) is 50.6 Å². The lowest BCUT2D eigenvalue weighted by Gasteiger charge is -2.36. The number of phenols is 1. The van der Waals surface area contributed by atoms with Crippen molar-refractivity contribution in [2.24, 2.45) is 5.92 Å². The van der Waals surface area contributed by atoms with E-state index in [1.807, 2.05) is 12.1 Å². The first-order valence-electron chi connectivity index (χ1n) is 6.38. The summed E-state index contributed by atoms with van der Waals surface area (Å²) in [6.45, 7) is 6.76. The molecule has 2 unspecified atom stereocenters. The molecule has 2 nitrogen and oxygen atoms in total. The average molecular weight is 377 g/mol. The van der Waals surface area contributed by atoms with Crippen LogP contribution >= 0.6 is 31.9 Å². The molecule has 0 aliphatic carbocycles. The number of halogens is 2. The highest BCUT2D eigenvalue weighted by Crippen LogP contribution is 2.34. The van der Waals surface area contributed by atoms with Gasteiger partial charge in [-0.2, -0.15) is 0 Å². The minimum absolute atomic E-state index is 0.277. The Morgan fingerprint density at radius 3 is 2.44 bits per heavy atom. The van der Waals surface area contributed by atoms with Gasteiger partial charge >= 0.3 is 0 Å². The number of likely N-dealkylation sites (tertiary alicyclic amines) is 1. The van der Waals surface area contributed by atoms with Gasteiger partial charge in [0, 0.05) is 12.6 Å². The van der Waals surface area contributed by atoms with Gasteiger partial charge in [0.15, 0.2) is 0 Å². The van der Waals surface area contributed by atoms with Crippen molar-refractivity contribution < 1.29 is 5.11 Å². The molecule has 100 valence electrons. The molecule has 1 heterocycles. The van der Waals surface area contributed by atoms with Crippen LogP contribution in [0.4, 0.5) is 0 Å². The Morgan fingerprint density at radius 2 is 1.89 bits per heavy atom. The Kier molecular flexibility index (Phi) is 4.73. The molecular formula is C14H19Br2NO. The summed E-state index contributed by atoms with van der Waals surface area (Å²) in [6, 6.07) is 4.65. The maximum atomic E-state index is 9.72. The van der Waals surface area contributed by atoms with E-state index in [9.17, 15) is 5.11 Å². The van der Waals surface area contributed by atoms with Crippen molar-refractivity contribution in [2.75, 3.05) is 6.54 Å². The minimum atomic E-state index is 0.277. The van der Waals surface area contributed by atoms with Crippen molar-refractivity contribution in [3.8, 4) is 5.75 Å². The Balaban J connectivity index is 2.10. The number of aromatic hydroxyl groups is 1. The number of rotatable bonds is 2. The number of phenolic OH excluding ortho intramolecular Hbond substituents is 1. The molecular weight excluding hydrogens is 358 g/mol. The van der Waals surface area contributed by atoms with Crippen LogP contribution in [0, 0.1) is 5.92 Å². The lowest BCUT2D eigenvalue weighted by molar-refractivity contribution is 0.122. The highest BCUT2D eigenvalue weighted by molar-refractivity contribution is 9.11. The van der Waals surface area contributed by atoms with E-state index in [-0.39, 0.29) is 5.75 Å². The Hall–Kier alpha value is -0.0600. The molecule has 4 heteroatoms. The molecule has 1 aromatic carbocycles. The molecule has 0 spiro atoms. The van der Waals surface area contributed by atoms with Gasteiger partial charge in [-0.3, -0.25) is 4.90 Å². The van der Waals surface area contributed by atoms with Crippen LogP contribution in [0.25, 0.3) is 0 Å². The second-order valence-electron chi connectivity index (χ2n) is 5.36. The van der Waals surface area contributed by atoms with Crippen molar-refractivity contribution in [1.29, 1.82) is 0 Å². The molecule has 18 heavy (non-hydrogen) atoms. The van der Waals surface area contributed by atoms with Crippen LogP contribution in [0.2, 0.25) is 0 Å². The third kappa shape index (κ3) is 3.28. The van der Waals surface area contributed by atoms with Crippen LogP contribution in [-0.4, -0.2) is 22.6 Å². The predicted octanol–water partition coefficient (Wildman–Crippen LogP) is 4.54. The lowest BCUT2D eigenvalue weighted by atomic mass is 9.93. The maximum Gasteiger partial charge on any atom is 0.143 e. The van der Waals surface area contributed by atoms with E-state index in [4.69, 9.17) is 0 Å². The van der Waals surface area contributed by atoms with E-state index >= 15 is 0 Å². The van der Waals surface area contributed by atoms with E-state index < -0.39 is 0 Å². The molecule has 0 amide bonds. The van der Waals surface area contributed by atoms with Crippen molar-refractivity contribution in [2.45, 2.75) is 39.3 Å². The van der Waals surface area contributed by atoms with Gasteiger partial charge in [-0.1, -0.05) is 6.92 Å². The van der Waals surface area contributed by atoms with E-state index in [1.54, 1.807) is 0 Å². The van der Waals surface area contributed by atoms with Crippen molar-refractivity contribution in [3.63, 3.8) is 0 Å².